The Morgan fingerprint density at radius 1 is 1.33 bits per heavy atom. The first-order valence-electron chi connectivity index (χ1n) is 6.26. The molecule has 0 saturated heterocycles. The van der Waals surface area contributed by atoms with Crippen molar-refractivity contribution in [3.8, 4) is 5.75 Å². The van der Waals surface area contributed by atoms with Crippen molar-refractivity contribution < 1.29 is 27.1 Å². The summed E-state index contributed by atoms with van der Waals surface area (Å²) in [7, 11) is 0. The molecular formula is C13H14F4N2O2. The smallest absolute Gasteiger partial charge is 0.402 e. The van der Waals surface area contributed by atoms with Gasteiger partial charge in [-0.05, 0) is 13.8 Å². The lowest BCUT2D eigenvalue weighted by molar-refractivity contribution is -0.217. The van der Waals surface area contributed by atoms with E-state index in [1.54, 1.807) is 0 Å². The molecule has 1 amide bonds. The first-order chi connectivity index (χ1) is 9.64. The molecule has 0 aromatic carbocycles. The van der Waals surface area contributed by atoms with Crippen LogP contribution < -0.4 is 4.74 Å². The van der Waals surface area contributed by atoms with E-state index in [0.29, 0.717) is 0 Å². The highest BCUT2D eigenvalue weighted by atomic mass is 19.4. The summed E-state index contributed by atoms with van der Waals surface area (Å²) in [5, 5.41) is 0. The Labute approximate surface area is 118 Å². The zero-order chi connectivity index (χ0) is 15.8. The summed E-state index contributed by atoms with van der Waals surface area (Å²) in [6, 6.07) is 0. The average Bonchev–Trinajstić information content (AvgIpc) is 2.59. The number of alkyl halides is 3. The molecule has 116 valence electrons. The first-order valence-corrected chi connectivity index (χ1v) is 6.26. The number of fused-ring (bicyclic) bond motifs is 1. The molecule has 0 unspecified atom stereocenters. The van der Waals surface area contributed by atoms with Gasteiger partial charge in [0.2, 0.25) is 5.91 Å². The quantitative estimate of drug-likeness (QED) is 0.749. The van der Waals surface area contributed by atoms with Crippen LogP contribution in [0.25, 0.3) is 0 Å². The largest absolute Gasteiger partial charge is 0.488 e. The third kappa shape index (κ3) is 2.79. The van der Waals surface area contributed by atoms with Crippen molar-refractivity contribution in [2.75, 3.05) is 13.2 Å². The maximum atomic E-state index is 13.5. The van der Waals surface area contributed by atoms with E-state index in [-0.39, 0.29) is 31.0 Å². The molecule has 0 aliphatic carbocycles. The van der Waals surface area contributed by atoms with Gasteiger partial charge in [0.05, 0.1) is 19.3 Å². The molecular weight excluding hydrogens is 292 g/mol. The molecule has 1 aromatic heterocycles. The molecule has 8 heteroatoms. The zero-order valence-electron chi connectivity index (χ0n) is 11.5. The van der Waals surface area contributed by atoms with Crippen molar-refractivity contribution in [2.45, 2.75) is 26.6 Å². The molecule has 1 aliphatic rings. The number of hydrogen-bond acceptors (Lipinski definition) is 3. The van der Waals surface area contributed by atoms with Crippen LogP contribution in [0.1, 0.15) is 19.4 Å². The van der Waals surface area contributed by atoms with Gasteiger partial charge in [-0.25, -0.2) is 4.39 Å². The predicted molar refractivity (Wildman–Crippen MR) is 64.9 cm³/mol. The minimum absolute atomic E-state index is 0.0491. The van der Waals surface area contributed by atoms with E-state index < -0.39 is 23.3 Å². The fraction of sp³-hybridized carbons (Fsp3) is 0.538. The highest BCUT2D eigenvalue weighted by Crippen LogP contribution is 2.39. The number of amides is 1. The number of halogens is 4. The lowest BCUT2D eigenvalue weighted by Gasteiger charge is -2.32. The number of carbonyl (C=O) groups is 1. The summed E-state index contributed by atoms with van der Waals surface area (Å²) in [6.45, 7) is 1.36. The van der Waals surface area contributed by atoms with Gasteiger partial charge in [-0.3, -0.25) is 9.78 Å². The van der Waals surface area contributed by atoms with E-state index in [4.69, 9.17) is 4.74 Å². The highest BCUT2D eigenvalue weighted by Gasteiger charge is 2.54. The van der Waals surface area contributed by atoms with E-state index in [1.807, 2.05) is 0 Å². The normalized spacial score (nSPS) is 16.0. The number of carbonyl (C=O) groups excluding carboxylic acids is 1. The maximum absolute atomic E-state index is 13.5. The van der Waals surface area contributed by atoms with Crippen LogP contribution in [-0.2, 0) is 11.3 Å². The molecule has 2 rings (SSSR count). The topological polar surface area (TPSA) is 42.4 Å². The Balaban J connectivity index is 2.29. The summed E-state index contributed by atoms with van der Waals surface area (Å²) >= 11 is 0. The molecule has 0 radical (unpaired) electrons. The number of ether oxygens (including phenoxy) is 1. The van der Waals surface area contributed by atoms with E-state index in [0.717, 1.165) is 24.9 Å². The molecule has 0 bridgehead atoms. The first kappa shape index (κ1) is 15.5. The van der Waals surface area contributed by atoms with Gasteiger partial charge in [0.15, 0.2) is 11.6 Å². The standard InChI is InChI=1S/C13H14F4N2O2/c1-12(2,13(15,16)17)11(20)19-3-4-21-10-8(7-19)5-18-6-9(10)14/h5-6H,3-4,7H2,1-2H3. The Kier molecular flexibility index (Phi) is 3.81. The molecule has 1 aliphatic heterocycles. The molecule has 21 heavy (non-hydrogen) atoms. The van der Waals surface area contributed by atoms with Gasteiger partial charge in [0.25, 0.3) is 0 Å². The molecule has 0 fully saturated rings. The highest BCUT2D eigenvalue weighted by molar-refractivity contribution is 5.83. The minimum atomic E-state index is -4.67. The number of rotatable bonds is 1. The fourth-order valence-electron chi connectivity index (χ4n) is 1.97. The van der Waals surface area contributed by atoms with Gasteiger partial charge in [-0.1, -0.05) is 0 Å². The molecule has 0 saturated carbocycles. The second-order valence-corrected chi connectivity index (χ2v) is 5.31. The number of aromatic nitrogens is 1. The van der Waals surface area contributed by atoms with Gasteiger partial charge in [-0.15, -0.1) is 0 Å². The number of hydrogen-bond donors (Lipinski definition) is 0. The minimum Gasteiger partial charge on any atom is -0.488 e. The van der Waals surface area contributed by atoms with Crippen molar-refractivity contribution in [3.05, 3.63) is 23.8 Å². The number of nitrogens with zero attached hydrogens (tertiary/aromatic N) is 2. The van der Waals surface area contributed by atoms with Crippen molar-refractivity contribution in [1.29, 1.82) is 0 Å². The molecule has 2 heterocycles. The Bertz CT molecular complexity index is 558. The molecule has 1 aromatic rings. The second-order valence-electron chi connectivity index (χ2n) is 5.31. The molecule has 0 N–H and O–H groups in total. The van der Waals surface area contributed by atoms with Crippen LogP contribution in [0.3, 0.4) is 0 Å². The Morgan fingerprint density at radius 2 is 2.00 bits per heavy atom. The summed E-state index contributed by atoms with van der Waals surface area (Å²) in [5.41, 5.74) is -2.27. The van der Waals surface area contributed by atoms with Crippen LogP contribution in [0.15, 0.2) is 12.4 Å². The lowest BCUT2D eigenvalue weighted by atomic mass is 9.90. The maximum Gasteiger partial charge on any atom is 0.402 e. The summed E-state index contributed by atoms with van der Waals surface area (Å²) < 4.78 is 57.5. The van der Waals surface area contributed by atoms with Crippen LogP contribution in [0.4, 0.5) is 17.6 Å². The average molecular weight is 306 g/mol. The van der Waals surface area contributed by atoms with Crippen molar-refractivity contribution in [3.63, 3.8) is 0 Å². The monoisotopic (exact) mass is 306 g/mol. The lowest BCUT2D eigenvalue weighted by Crippen LogP contribution is -2.49. The van der Waals surface area contributed by atoms with Gasteiger partial charge in [0.1, 0.15) is 12.0 Å². The van der Waals surface area contributed by atoms with Crippen molar-refractivity contribution >= 4 is 5.91 Å². The van der Waals surface area contributed by atoms with Gasteiger partial charge >= 0.3 is 6.18 Å². The van der Waals surface area contributed by atoms with Gasteiger partial charge in [0, 0.05) is 11.8 Å². The van der Waals surface area contributed by atoms with E-state index >= 15 is 0 Å². The van der Waals surface area contributed by atoms with Crippen LogP contribution >= 0.6 is 0 Å². The second kappa shape index (κ2) is 5.16. The molecule has 4 nitrogen and oxygen atoms in total. The predicted octanol–water partition coefficient (Wildman–Crippen LogP) is 2.53. The SMILES string of the molecule is CC(C)(C(=O)N1CCOc2c(F)cncc2C1)C(F)(F)F. The summed E-state index contributed by atoms with van der Waals surface area (Å²) in [5.74, 6) is -1.84. The Hall–Kier alpha value is -1.86. The summed E-state index contributed by atoms with van der Waals surface area (Å²) in [6.07, 6.45) is -2.43. The third-order valence-corrected chi connectivity index (χ3v) is 3.43. The molecule has 0 atom stereocenters. The van der Waals surface area contributed by atoms with Crippen molar-refractivity contribution in [2.24, 2.45) is 5.41 Å². The van der Waals surface area contributed by atoms with Gasteiger partial charge < -0.3 is 9.64 Å². The Morgan fingerprint density at radius 3 is 2.62 bits per heavy atom. The number of pyridine rings is 1. The molecule has 0 spiro atoms. The van der Waals surface area contributed by atoms with Crippen LogP contribution in [0.2, 0.25) is 0 Å². The van der Waals surface area contributed by atoms with Gasteiger partial charge in [-0.2, -0.15) is 13.2 Å². The van der Waals surface area contributed by atoms with Crippen LogP contribution in [-0.4, -0.2) is 35.1 Å². The van der Waals surface area contributed by atoms with E-state index in [1.165, 1.54) is 6.20 Å². The third-order valence-electron chi connectivity index (χ3n) is 3.43. The van der Waals surface area contributed by atoms with Crippen LogP contribution in [0, 0.1) is 11.2 Å². The van der Waals surface area contributed by atoms with Crippen LogP contribution in [0.5, 0.6) is 5.75 Å². The van der Waals surface area contributed by atoms with E-state index in [2.05, 4.69) is 4.98 Å². The fourth-order valence-corrected chi connectivity index (χ4v) is 1.97. The zero-order valence-corrected chi connectivity index (χ0v) is 11.5. The summed E-state index contributed by atoms with van der Waals surface area (Å²) in [4.78, 5) is 16.8. The van der Waals surface area contributed by atoms with Crippen molar-refractivity contribution in [1.82, 2.24) is 9.88 Å². The van der Waals surface area contributed by atoms with E-state index in [9.17, 15) is 22.4 Å².